The fourth-order valence-corrected chi connectivity index (χ4v) is 4.80. The van der Waals surface area contributed by atoms with E-state index >= 15 is 0 Å². The summed E-state index contributed by atoms with van der Waals surface area (Å²) in [5.41, 5.74) is 0. The monoisotopic (exact) mass is 224 g/mol. The quantitative estimate of drug-likeness (QED) is 0.725. The van der Waals surface area contributed by atoms with Crippen molar-refractivity contribution in [2.24, 2.45) is 0 Å². The molecule has 0 fully saturated rings. The molecular weight excluding hydrogens is 207 g/mol. The van der Waals surface area contributed by atoms with E-state index in [1.54, 1.807) is 0 Å². The van der Waals surface area contributed by atoms with Crippen molar-refractivity contribution in [1.82, 2.24) is 0 Å². The molecular formula is C6H16OSn. The fourth-order valence-electron chi connectivity index (χ4n) is 0.715. The minimum absolute atomic E-state index is 1.07. The van der Waals surface area contributed by atoms with E-state index in [9.17, 15) is 3.44 Å². The van der Waals surface area contributed by atoms with E-state index in [2.05, 4.69) is 18.8 Å². The molecule has 50 valence electrons. The van der Waals surface area contributed by atoms with E-state index < -0.39 is 18.8 Å². The molecule has 0 saturated carbocycles. The van der Waals surface area contributed by atoms with Gasteiger partial charge in [-0.25, -0.2) is 0 Å². The molecule has 0 spiro atoms. The molecule has 0 heterocycles. The molecule has 1 nitrogen and oxygen atoms in total. The van der Waals surface area contributed by atoms with Crippen LogP contribution in [0.5, 0.6) is 0 Å². The predicted molar refractivity (Wildman–Crippen MR) is 39.4 cm³/mol. The Morgan fingerprint density at radius 2 is 1.88 bits per heavy atom. The second-order valence-electron chi connectivity index (χ2n) is 2.60. The molecule has 0 aromatic carbocycles. The van der Waals surface area contributed by atoms with Crippen LogP contribution < -0.4 is 0 Å². The first-order valence-electron chi connectivity index (χ1n) is 3.34. The molecule has 1 N–H and O–H groups in total. The molecule has 2 heteroatoms. The van der Waals surface area contributed by atoms with Gasteiger partial charge >= 0.3 is 56.3 Å². The molecule has 0 saturated heterocycles. The van der Waals surface area contributed by atoms with Crippen LogP contribution in [0.1, 0.15) is 20.3 Å². The van der Waals surface area contributed by atoms with Crippen LogP contribution >= 0.6 is 0 Å². The number of hydrogen-bond donors (Lipinski definition) is 1. The van der Waals surface area contributed by atoms with Crippen LogP contribution in [0.25, 0.3) is 0 Å². The van der Waals surface area contributed by atoms with Crippen LogP contribution in [0.15, 0.2) is 0 Å². The third-order valence-corrected chi connectivity index (χ3v) is 10.4. The van der Waals surface area contributed by atoms with Gasteiger partial charge in [0.05, 0.1) is 0 Å². The van der Waals surface area contributed by atoms with Gasteiger partial charge in [-0.1, -0.05) is 0 Å². The van der Waals surface area contributed by atoms with Gasteiger partial charge in [0.15, 0.2) is 0 Å². The topological polar surface area (TPSA) is 20.2 Å². The van der Waals surface area contributed by atoms with E-state index in [1.165, 1.54) is 0 Å². The summed E-state index contributed by atoms with van der Waals surface area (Å²) in [6.07, 6.45) is 1.16. The summed E-state index contributed by atoms with van der Waals surface area (Å²) in [5, 5.41) is 0. The molecule has 0 amide bonds. The van der Waals surface area contributed by atoms with Gasteiger partial charge in [-0.05, 0) is 0 Å². The van der Waals surface area contributed by atoms with Gasteiger partial charge < -0.3 is 0 Å². The average molecular weight is 223 g/mol. The summed E-state index contributed by atoms with van der Waals surface area (Å²) in [6.45, 7) is 4.24. The Bertz CT molecular complexity index is 61.5. The van der Waals surface area contributed by atoms with Crippen molar-refractivity contribution in [3.05, 3.63) is 0 Å². The predicted octanol–water partition coefficient (Wildman–Crippen LogP) is 1.98. The molecule has 0 aliphatic rings. The molecule has 0 rings (SSSR count). The van der Waals surface area contributed by atoms with E-state index in [1.807, 2.05) is 0 Å². The second-order valence-corrected chi connectivity index (χ2v) is 14.6. The summed E-state index contributed by atoms with van der Waals surface area (Å²) in [5.74, 6) is 0. The van der Waals surface area contributed by atoms with Crippen molar-refractivity contribution in [2.45, 2.75) is 34.1 Å². The summed E-state index contributed by atoms with van der Waals surface area (Å²) in [6, 6.07) is 0. The van der Waals surface area contributed by atoms with E-state index in [0.717, 1.165) is 15.3 Å². The SMILES string of the molecule is CC[CH2][Sn]([CH3])([OH])[CH2]C. The first-order valence-corrected chi connectivity index (χ1v) is 11.5. The molecule has 0 aliphatic heterocycles. The summed E-state index contributed by atoms with van der Waals surface area (Å²) < 4.78 is 11.7. The van der Waals surface area contributed by atoms with E-state index in [-0.39, 0.29) is 0 Å². The van der Waals surface area contributed by atoms with Crippen molar-refractivity contribution >= 4 is 18.8 Å². The molecule has 0 aliphatic carbocycles. The zero-order chi connectivity index (χ0) is 6.62. The van der Waals surface area contributed by atoms with Gasteiger partial charge in [0, 0.05) is 0 Å². The normalized spacial score (nSPS) is 18.0. The maximum atomic E-state index is 9.53. The zero-order valence-corrected chi connectivity index (χ0v) is 8.92. The standard InChI is InChI=1S/C3H7.C2H5.CH3.H2O.Sn/c1-3-2;1-2;;;/h1,3H2,2H3;1H2,2H3;1H3;1H2;/q;;;;+1/p-1. The second kappa shape index (κ2) is 3.72. The van der Waals surface area contributed by atoms with Crippen LogP contribution in [0.2, 0.25) is 13.8 Å². The molecule has 1 atom stereocenters. The van der Waals surface area contributed by atoms with Gasteiger partial charge in [0.25, 0.3) is 0 Å². The minimum atomic E-state index is -2.33. The summed E-state index contributed by atoms with van der Waals surface area (Å²) >= 11 is -2.33. The maximum absolute atomic E-state index is 9.53. The van der Waals surface area contributed by atoms with Crippen LogP contribution in [-0.4, -0.2) is 22.2 Å². The Balaban J connectivity index is 3.37. The Morgan fingerprint density at radius 1 is 1.38 bits per heavy atom. The Labute approximate surface area is 56.5 Å². The molecule has 8 heavy (non-hydrogen) atoms. The van der Waals surface area contributed by atoms with Crippen molar-refractivity contribution in [1.29, 1.82) is 0 Å². The summed E-state index contributed by atoms with van der Waals surface area (Å²) in [7, 11) is 0. The van der Waals surface area contributed by atoms with Crippen molar-refractivity contribution in [3.8, 4) is 0 Å². The summed E-state index contributed by atoms with van der Waals surface area (Å²) in [4.78, 5) is 2.10. The molecule has 0 aromatic rings. The van der Waals surface area contributed by atoms with Crippen LogP contribution in [0.3, 0.4) is 0 Å². The fraction of sp³-hybridized carbons (Fsp3) is 1.00. The van der Waals surface area contributed by atoms with E-state index in [0.29, 0.717) is 0 Å². The third-order valence-electron chi connectivity index (χ3n) is 1.55. The van der Waals surface area contributed by atoms with Crippen molar-refractivity contribution in [2.75, 3.05) is 0 Å². The van der Waals surface area contributed by atoms with Crippen LogP contribution in [0, 0.1) is 0 Å². The first kappa shape index (κ1) is 8.76. The van der Waals surface area contributed by atoms with Gasteiger partial charge in [-0.2, -0.15) is 0 Å². The Hall–Kier alpha value is 0.759. The van der Waals surface area contributed by atoms with Crippen LogP contribution in [-0.2, 0) is 0 Å². The molecule has 0 aromatic heterocycles. The van der Waals surface area contributed by atoms with Crippen LogP contribution in [0.4, 0.5) is 0 Å². The third kappa shape index (κ3) is 3.72. The first-order chi connectivity index (χ1) is 3.62. The number of rotatable bonds is 3. The van der Waals surface area contributed by atoms with Gasteiger partial charge in [-0.3, -0.25) is 0 Å². The van der Waals surface area contributed by atoms with Gasteiger partial charge in [-0.15, -0.1) is 0 Å². The Morgan fingerprint density at radius 3 is 2.00 bits per heavy atom. The molecule has 1 unspecified atom stereocenters. The average Bonchev–Trinajstić information content (AvgIpc) is 1.67. The number of hydrogen-bond acceptors (Lipinski definition) is 1. The van der Waals surface area contributed by atoms with Gasteiger partial charge in [0.2, 0.25) is 0 Å². The molecule has 0 bridgehead atoms. The van der Waals surface area contributed by atoms with Crippen molar-refractivity contribution < 1.29 is 3.44 Å². The zero-order valence-electron chi connectivity index (χ0n) is 6.07. The van der Waals surface area contributed by atoms with Gasteiger partial charge in [0.1, 0.15) is 0 Å². The van der Waals surface area contributed by atoms with Crippen molar-refractivity contribution in [3.63, 3.8) is 0 Å². The molecule has 0 radical (unpaired) electrons. The Kier molecular flexibility index (Phi) is 4.07. The van der Waals surface area contributed by atoms with E-state index in [4.69, 9.17) is 0 Å².